The Morgan fingerprint density at radius 1 is 1.29 bits per heavy atom. The Bertz CT molecular complexity index is 389. The molecule has 0 aromatic heterocycles. The second kappa shape index (κ2) is 5.53. The van der Waals surface area contributed by atoms with Crippen LogP contribution in [0.4, 0.5) is 18.9 Å². The number of hydrogen-bond donors (Lipinski definition) is 1. The van der Waals surface area contributed by atoms with Crippen LogP contribution < -0.4 is 5.32 Å². The van der Waals surface area contributed by atoms with E-state index >= 15 is 0 Å². The van der Waals surface area contributed by atoms with Gasteiger partial charge in [-0.05, 0) is 31.2 Å². The van der Waals surface area contributed by atoms with E-state index < -0.39 is 22.5 Å². The standard InChI is InChI=1S/C11H14F3NOS/c1-8(7-17(2)16)15-10-5-3-9(4-6-10)11(12,13)14/h3-6,8,15H,7H2,1-2H3. The van der Waals surface area contributed by atoms with Crippen molar-refractivity contribution in [2.45, 2.75) is 19.1 Å². The van der Waals surface area contributed by atoms with E-state index in [0.29, 0.717) is 11.4 Å². The van der Waals surface area contributed by atoms with E-state index in [1.54, 1.807) is 6.26 Å². The third kappa shape index (κ3) is 4.77. The van der Waals surface area contributed by atoms with Crippen LogP contribution in [0.25, 0.3) is 0 Å². The number of nitrogens with one attached hydrogen (secondary N) is 1. The largest absolute Gasteiger partial charge is 0.416 e. The summed E-state index contributed by atoms with van der Waals surface area (Å²) in [5.74, 6) is 0.459. The fourth-order valence-electron chi connectivity index (χ4n) is 1.43. The summed E-state index contributed by atoms with van der Waals surface area (Å²) in [7, 11) is -0.930. The van der Waals surface area contributed by atoms with Gasteiger partial charge in [-0.25, -0.2) is 0 Å². The van der Waals surface area contributed by atoms with Gasteiger partial charge in [-0.1, -0.05) is 0 Å². The molecule has 0 spiro atoms. The van der Waals surface area contributed by atoms with Gasteiger partial charge in [0, 0.05) is 34.5 Å². The van der Waals surface area contributed by atoms with E-state index in [1.807, 2.05) is 6.92 Å². The van der Waals surface area contributed by atoms with Crippen LogP contribution in [-0.4, -0.2) is 22.3 Å². The molecule has 0 saturated heterocycles. The number of anilines is 1. The minimum atomic E-state index is -4.31. The molecule has 0 aliphatic carbocycles. The molecule has 96 valence electrons. The Kier molecular flexibility index (Phi) is 4.56. The first-order valence-electron chi connectivity index (χ1n) is 5.03. The van der Waals surface area contributed by atoms with Gasteiger partial charge in [0.2, 0.25) is 0 Å². The molecule has 1 N–H and O–H groups in total. The van der Waals surface area contributed by atoms with Crippen molar-refractivity contribution >= 4 is 16.5 Å². The lowest BCUT2D eigenvalue weighted by Crippen LogP contribution is -2.22. The van der Waals surface area contributed by atoms with Crippen molar-refractivity contribution in [3.05, 3.63) is 29.8 Å². The van der Waals surface area contributed by atoms with E-state index in [9.17, 15) is 17.4 Å². The van der Waals surface area contributed by atoms with Crippen LogP contribution in [0.1, 0.15) is 12.5 Å². The topological polar surface area (TPSA) is 29.1 Å². The van der Waals surface area contributed by atoms with Gasteiger partial charge in [0.25, 0.3) is 0 Å². The maximum Gasteiger partial charge on any atom is 0.416 e. The van der Waals surface area contributed by atoms with Crippen molar-refractivity contribution in [3.8, 4) is 0 Å². The lowest BCUT2D eigenvalue weighted by molar-refractivity contribution is -0.137. The van der Waals surface area contributed by atoms with Crippen LogP contribution in [0.2, 0.25) is 0 Å². The third-order valence-electron chi connectivity index (χ3n) is 2.11. The summed E-state index contributed by atoms with van der Waals surface area (Å²) < 4.78 is 47.8. The highest BCUT2D eigenvalue weighted by atomic mass is 32.2. The van der Waals surface area contributed by atoms with Gasteiger partial charge in [-0.2, -0.15) is 13.2 Å². The van der Waals surface area contributed by atoms with Gasteiger partial charge in [0.15, 0.2) is 0 Å². The normalized spacial score (nSPS) is 15.4. The molecule has 2 nitrogen and oxygen atoms in total. The Morgan fingerprint density at radius 3 is 2.24 bits per heavy atom. The Balaban J connectivity index is 2.66. The molecule has 1 aromatic rings. The molecule has 6 heteroatoms. The summed E-state index contributed by atoms with van der Waals surface area (Å²) in [5.41, 5.74) is -0.0780. The molecule has 0 saturated carbocycles. The minimum absolute atomic E-state index is 0.0439. The zero-order chi connectivity index (χ0) is 13.1. The molecule has 0 aliphatic heterocycles. The van der Waals surface area contributed by atoms with Gasteiger partial charge in [0.05, 0.1) is 5.56 Å². The van der Waals surface area contributed by atoms with Crippen LogP contribution >= 0.6 is 0 Å². The predicted molar refractivity (Wildman–Crippen MR) is 63.5 cm³/mol. The molecule has 0 aliphatic rings. The van der Waals surface area contributed by atoms with Crippen LogP contribution in [-0.2, 0) is 17.0 Å². The smallest absolute Gasteiger partial charge is 0.382 e. The average molecular weight is 265 g/mol. The SMILES string of the molecule is CC(CS(C)=O)Nc1ccc(C(F)(F)F)cc1. The summed E-state index contributed by atoms with van der Waals surface area (Å²) >= 11 is 0. The Hall–Kier alpha value is -1.04. The zero-order valence-corrected chi connectivity index (χ0v) is 10.4. The number of hydrogen-bond acceptors (Lipinski definition) is 2. The molecular weight excluding hydrogens is 251 g/mol. The molecule has 1 rings (SSSR count). The van der Waals surface area contributed by atoms with Crippen LogP contribution in [0, 0.1) is 0 Å². The molecule has 17 heavy (non-hydrogen) atoms. The first-order valence-corrected chi connectivity index (χ1v) is 6.75. The Morgan fingerprint density at radius 2 is 1.82 bits per heavy atom. The minimum Gasteiger partial charge on any atom is -0.382 e. The maximum atomic E-state index is 12.3. The van der Waals surface area contributed by atoms with Crippen molar-refractivity contribution in [1.29, 1.82) is 0 Å². The second-order valence-corrected chi connectivity index (χ2v) is 5.34. The predicted octanol–water partition coefficient (Wildman–Crippen LogP) is 2.88. The van der Waals surface area contributed by atoms with Crippen LogP contribution in [0.5, 0.6) is 0 Å². The van der Waals surface area contributed by atoms with Crippen molar-refractivity contribution < 1.29 is 17.4 Å². The van der Waals surface area contributed by atoms with Crippen LogP contribution in [0.3, 0.4) is 0 Å². The number of halogens is 3. The summed E-state index contributed by atoms with van der Waals surface area (Å²) in [6, 6.07) is 4.75. The summed E-state index contributed by atoms with van der Waals surface area (Å²) in [4.78, 5) is 0. The van der Waals surface area contributed by atoms with Crippen molar-refractivity contribution in [2.24, 2.45) is 0 Å². The highest BCUT2D eigenvalue weighted by Crippen LogP contribution is 2.29. The molecule has 0 bridgehead atoms. The molecule has 2 unspecified atom stereocenters. The molecule has 0 radical (unpaired) electrons. The van der Waals surface area contributed by atoms with E-state index in [4.69, 9.17) is 0 Å². The molecule has 0 heterocycles. The summed E-state index contributed by atoms with van der Waals surface area (Å²) in [5, 5.41) is 2.99. The fourth-order valence-corrected chi connectivity index (χ4v) is 2.22. The van der Waals surface area contributed by atoms with E-state index in [1.165, 1.54) is 12.1 Å². The van der Waals surface area contributed by atoms with Crippen molar-refractivity contribution in [3.63, 3.8) is 0 Å². The number of benzene rings is 1. The quantitative estimate of drug-likeness (QED) is 0.907. The fraction of sp³-hybridized carbons (Fsp3) is 0.455. The lowest BCUT2D eigenvalue weighted by Gasteiger charge is -2.14. The number of alkyl halides is 3. The lowest BCUT2D eigenvalue weighted by atomic mass is 10.2. The summed E-state index contributed by atoms with van der Waals surface area (Å²) in [6.07, 6.45) is -2.72. The molecule has 0 amide bonds. The second-order valence-electron chi connectivity index (χ2n) is 3.86. The first-order chi connectivity index (χ1) is 7.79. The molecule has 2 atom stereocenters. The van der Waals surface area contributed by atoms with Gasteiger partial charge in [0.1, 0.15) is 0 Å². The molecule has 0 fully saturated rings. The highest BCUT2D eigenvalue weighted by Gasteiger charge is 2.29. The van der Waals surface area contributed by atoms with Crippen LogP contribution in [0.15, 0.2) is 24.3 Å². The number of rotatable bonds is 4. The van der Waals surface area contributed by atoms with E-state index in [2.05, 4.69) is 5.32 Å². The van der Waals surface area contributed by atoms with Crippen molar-refractivity contribution in [2.75, 3.05) is 17.3 Å². The van der Waals surface area contributed by atoms with E-state index in [-0.39, 0.29) is 6.04 Å². The zero-order valence-electron chi connectivity index (χ0n) is 9.54. The highest BCUT2D eigenvalue weighted by molar-refractivity contribution is 7.84. The monoisotopic (exact) mass is 265 g/mol. The molecular formula is C11H14F3NOS. The molecule has 1 aromatic carbocycles. The van der Waals surface area contributed by atoms with Crippen molar-refractivity contribution in [1.82, 2.24) is 0 Å². The Labute approximate surface area is 101 Å². The van der Waals surface area contributed by atoms with Gasteiger partial charge < -0.3 is 5.32 Å². The van der Waals surface area contributed by atoms with Gasteiger partial charge in [-0.3, -0.25) is 4.21 Å². The maximum absolute atomic E-state index is 12.3. The average Bonchev–Trinajstić information content (AvgIpc) is 2.15. The first kappa shape index (κ1) is 14.0. The van der Waals surface area contributed by atoms with Gasteiger partial charge in [-0.15, -0.1) is 0 Å². The van der Waals surface area contributed by atoms with E-state index in [0.717, 1.165) is 12.1 Å². The summed E-state index contributed by atoms with van der Waals surface area (Å²) in [6.45, 7) is 1.83. The van der Waals surface area contributed by atoms with Gasteiger partial charge >= 0.3 is 6.18 Å². The third-order valence-corrected chi connectivity index (χ3v) is 3.08.